The van der Waals surface area contributed by atoms with Crippen LogP contribution in [-0.2, 0) is 4.74 Å². The average molecular weight is 180 g/mol. The summed E-state index contributed by atoms with van der Waals surface area (Å²) in [6.45, 7) is 3.61. The topological polar surface area (TPSA) is 36.3 Å². The van der Waals surface area contributed by atoms with Crippen LogP contribution >= 0.6 is 0 Å². The third-order valence-electron chi connectivity index (χ3n) is 3.14. The van der Waals surface area contributed by atoms with Gasteiger partial charge in [0.15, 0.2) is 0 Å². The van der Waals surface area contributed by atoms with E-state index >= 15 is 0 Å². The highest BCUT2D eigenvalue weighted by Gasteiger charge is 2.40. The van der Waals surface area contributed by atoms with Crippen LogP contribution in [0.2, 0.25) is 0 Å². The molecular formula is C10H16N2O. The highest BCUT2D eigenvalue weighted by atomic mass is 16.5. The monoisotopic (exact) mass is 180 g/mol. The molecule has 0 aromatic carbocycles. The van der Waals surface area contributed by atoms with Gasteiger partial charge in [-0.15, -0.1) is 0 Å². The lowest BCUT2D eigenvalue weighted by Crippen LogP contribution is -2.51. The van der Waals surface area contributed by atoms with Crippen LogP contribution in [0.4, 0.5) is 0 Å². The minimum Gasteiger partial charge on any atom is -0.378 e. The van der Waals surface area contributed by atoms with Crippen molar-refractivity contribution in [1.29, 1.82) is 5.26 Å². The molecule has 0 bridgehead atoms. The van der Waals surface area contributed by atoms with E-state index in [9.17, 15) is 5.26 Å². The molecule has 0 saturated carbocycles. The molecule has 0 amide bonds. The summed E-state index contributed by atoms with van der Waals surface area (Å²) in [5.41, 5.74) is -0.283. The molecule has 0 radical (unpaired) electrons. The summed E-state index contributed by atoms with van der Waals surface area (Å²) in [5.74, 6) is 0. The zero-order chi connectivity index (χ0) is 9.15. The molecule has 72 valence electrons. The van der Waals surface area contributed by atoms with Gasteiger partial charge in [-0.2, -0.15) is 5.26 Å². The fourth-order valence-electron chi connectivity index (χ4n) is 2.33. The molecule has 1 atom stereocenters. The van der Waals surface area contributed by atoms with E-state index in [4.69, 9.17) is 4.74 Å². The van der Waals surface area contributed by atoms with Crippen molar-refractivity contribution >= 4 is 0 Å². The fourth-order valence-corrected chi connectivity index (χ4v) is 2.33. The first-order valence-corrected chi connectivity index (χ1v) is 5.11. The summed E-state index contributed by atoms with van der Waals surface area (Å²) in [5, 5.41) is 9.23. The summed E-state index contributed by atoms with van der Waals surface area (Å²) in [6.07, 6.45) is 4.50. The van der Waals surface area contributed by atoms with E-state index in [1.807, 2.05) is 0 Å². The van der Waals surface area contributed by atoms with Gasteiger partial charge in [0.05, 0.1) is 12.7 Å². The highest BCUT2D eigenvalue weighted by Crippen LogP contribution is 2.28. The molecule has 2 fully saturated rings. The van der Waals surface area contributed by atoms with Crippen molar-refractivity contribution in [2.45, 2.75) is 31.2 Å². The van der Waals surface area contributed by atoms with Crippen molar-refractivity contribution in [1.82, 2.24) is 4.90 Å². The van der Waals surface area contributed by atoms with Crippen LogP contribution in [0.15, 0.2) is 0 Å². The van der Waals surface area contributed by atoms with E-state index in [1.54, 1.807) is 0 Å². The van der Waals surface area contributed by atoms with Gasteiger partial charge in [0, 0.05) is 6.61 Å². The molecule has 2 aliphatic rings. The zero-order valence-corrected chi connectivity index (χ0v) is 7.96. The predicted molar refractivity (Wildman–Crippen MR) is 49.2 cm³/mol. The van der Waals surface area contributed by atoms with Crippen LogP contribution in [-0.4, -0.2) is 36.7 Å². The van der Waals surface area contributed by atoms with Crippen molar-refractivity contribution in [2.75, 3.05) is 26.3 Å². The summed E-state index contributed by atoms with van der Waals surface area (Å²) >= 11 is 0. The van der Waals surface area contributed by atoms with Crippen LogP contribution in [0.1, 0.15) is 25.7 Å². The van der Waals surface area contributed by atoms with Crippen molar-refractivity contribution in [3.8, 4) is 6.07 Å². The Morgan fingerprint density at radius 1 is 1.23 bits per heavy atom. The Balaban J connectivity index is 2.08. The lowest BCUT2D eigenvalue weighted by Gasteiger charge is -2.38. The van der Waals surface area contributed by atoms with Gasteiger partial charge in [0.1, 0.15) is 5.54 Å². The van der Waals surface area contributed by atoms with Crippen LogP contribution in [0.25, 0.3) is 0 Å². The van der Waals surface area contributed by atoms with E-state index in [-0.39, 0.29) is 5.54 Å². The standard InChI is InChI=1S/C10H16N2O/c11-8-10(4-3-7-13-9-10)12-5-1-2-6-12/h1-7,9H2. The maximum absolute atomic E-state index is 9.23. The van der Waals surface area contributed by atoms with Crippen LogP contribution in [0, 0.1) is 11.3 Å². The maximum atomic E-state index is 9.23. The first-order valence-electron chi connectivity index (χ1n) is 5.11. The average Bonchev–Trinajstić information content (AvgIpc) is 2.72. The van der Waals surface area contributed by atoms with Crippen LogP contribution < -0.4 is 0 Å². The van der Waals surface area contributed by atoms with Gasteiger partial charge in [-0.1, -0.05) is 0 Å². The number of rotatable bonds is 1. The van der Waals surface area contributed by atoms with Crippen LogP contribution in [0.3, 0.4) is 0 Å². The molecule has 1 unspecified atom stereocenters. The first kappa shape index (κ1) is 8.98. The third-order valence-corrected chi connectivity index (χ3v) is 3.14. The third kappa shape index (κ3) is 1.56. The fraction of sp³-hybridized carbons (Fsp3) is 0.900. The Kier molecular flexibility index (Phi) is 2.52. The van der Waals surface area contributed by atoms with E-state index in [0.717, 1.165) is 32.5 Å². The highest BCUT2D eigenvalue weighted by molar-refractivity contribution is 5.10. The molecule has 0 N–H and O–H groups in total. The van der Waals surface area contributed by atoms with Gasteiger partial charge < -0.3 is 4.74 Å². The number of nitriles is 1. The maximum Gasteiger partial charge on any atom is 0.132 e. The van der Waals surface area contributed by atoms with Crippen molar-refractivity contribution < 1.29 is 4.74 Å². The second kappa shape index (κ2) is 3.65. The van der Waals surface area contributed by atoms with Crippen molar-refractivity contribution in [2.24, 2.45) is 0 Å². The Morgan fingerprint density at radius 3 is 2.54 bits per heavy atom. The van der Waals surface area contributed by atoms with E-state index in [2.05, 4.69) is 11.0 Å². The Labute approximate surface area is 79.3 Å². The summed E-state index contributed by atoms with van der Waals surface area (Å²) in [6, 6.07) is 2.46. The lowest BCUT2D eigenvalue weighted by atomic mass is 9.92. The van der Waals surface area contributed by atoms with Gasteiger partial charge in [-0.3, -0.25) is 4.90 Å². The minimum atomic E-state index is -0.283. The van der Waals surface area contributed by atoms with Crippen LogP contribution in [0.5, 0.6) is 0 Å². The largest absolute Gasteiger partial charge is 0.378 e. The van der Waals surface area contributed by atoms with Gasteiger partial charge in [0.25, 0.3) is 0 Å². The normalized spacial score (nSPS) is 35.9. The molecule has 3 nitrogen and oxygen atoms in total. The Hall–Kier alpha value is -0.590. The molecule has 3 heteroatoms. The second-order valence-corrected chi connectivity index (χ2v) is 3.99. The number of ether oxygens (including phenoxy) is 1. The van der Waals surface area contributed by atoms with Gasteiger partial charge >= 0.3 is 0 Å². The molecule has 0 aromatic rings. The Morgan fingerprint density at radius 2 is 2.00 bits per heavy atom. The van der Waals surface area contributed by atoms with Gasteiger partial charge in [-0.05, 0) is 38.8 Å². The number of hydrogen-bond donors (Lipinski definition) is 0. The molecular weight excluding hydrogens is 164 g/mol. The number of nitrogens with zero attached hydrogens (tertiary/aromatic N) is 2. The quantitative estimate of drug-likeness (QED) is 0.607. The molecule has 13 heavy (non-hydrogen) atoms. The summed E-state index contributed by atoms with van der Waals surface area (Å²) in [7, 11) is 0. The summed E-state index contributed by atoms with van der Waals surface area (Å²) < 4.78 is 5.42. The van der Waals surface area contributed by atoms with Gasteiger partial charge in [0.2, 0.25) is 0 Å². The predicted octanol–water partition coefficient (Wildman–Crippen LogP) is 1.15. The van der Waals surface area contributed by atoms with E-state index < -0.39 is 0 Å². The minimum absolute atomic E-state index is 0.283. The molecule has 2 heterocycles. The molecule has 2 saturated heterocycles. The van der Waals surface area contributed by atoms with Crippen molar-refractivity contribution in [3.63, 3.8) is 0 Å². The molecule has 2 aliphatic heterocycles. The molecule has 0 aliphatic carbocycles. The van der Waals surface area contributed by atoms with Crippen molar-refractivity contribution in [3.05, 3.63) is 0 Å². The lowest BCUT2D eigenvalue weighted by molar-refractivity contribution is -0.00954. The summed E-state index contributed by atoms with van der Waals surface area (Å²) in [4.78, 5) is 2.31. The molecule has 2 rings (SSSR count). The van der Waals surface area contributed by atoms with E-state index in [0.29, 0.717) is 6.61 Å². The number of likely N-dealkylation sites (tertiary alicyclic amines) is 1. The Bertz CT molecular complexity index is 209. The second-order valence-electron chi connectivity index (χ2n) is 3.99. The molecule has 0 aromatic heterocycles. The van der Waals surface area contributed by atoms with E-state index in [1.165, 1.54) is 12.8 Å². The molecule has 0 spiro atoms. The smallest absolute Gasteiger partial charge is 0.132 e. The van der Waals surface area contributed by atoms with Gasteiger partial charge in [-0.25, -0.2) is 0 Å². The SMILES string of the molecule is N#CC1(N2CCCC2)CCCOC1. The first-order chi connectivity index (χ1) is 6.37. The zero-order valence-electron chi connectivity index (χ0n) is 7.96. The number of hydrogen-bond acceptors (Lipinski definition) is 3.